The number of phenolic OH excluding ortho intramolecular Hbond substituents is 1. The third kappa shape index (κ3) is 18.0. The Kier molecular flexibility index (Phi) is 24.5. The second-order valence-corrected chi connectivity index (χ2v) is 21.2. The molecular formula is C52H82N6O17. The molecule has 3 heterocycles. The van der Waals surface area contributed by atoms with Crippen LogP contribution in [0.3, 0.4) is 0 Å². The van der Waals surface area contributed by atoms with Gasteiger partial charge in [-0.1, -0.05) is 77.8 Å². The number of nitrogens with one attached hydrogen (secondary N) is 3. The number of rotatable bonds is 21. The average molecular weight is 1060 g/mol. The van der Waals surface area contributed by atoms with Crippen LogP contribution in [0, 0.1) is 23.7 Å². The second kappa shape index (κ2) is 29.4. The quantitative estimate of drug-likeness (QED) is 0.0646. The first-order chi connectivity index (χ1) is 35.3. The van der Waals surface area contributed by atoms with Crippen molar-refractivity contribution >= 4 is 47.0 Å². The van der Waals surface area contributed by atoms with Gasteiger partial charge in [0.1, 0.15) is 35.8 Å². The van der Waals surface area contributed by atoms with Crippen LogP contribution in [-0.2, 0) is 38.4 Å². The van der Waals surface area contributed by atoms with Gasteiger partial charge in [0.2, 0.25) is 35.4 Å². The molecule has 4 rings (SSSR count). The van der Waals surface area contributed by atoms with Crippen LogP contribution in [0.15, 0.2) is 24.3 Å². The Labute approximate surface area is 437 Å². The molecule has 75 heavy (non-hydrogen) atoms. The number of ketones is 2. The molecule has 6 amide bonds. The SMILES string of the molecule is CC[C@H](C)C[C@H](C)CCCCCCCCC(=O)C[C@H]1C[C@@H](O)[C@@H](O)NC(=O)[C@@H]2[C@@H](O)CCN2C(=O)[C@H]([C@H](O)CC(N)=O)NC(=O)[C@H]([C@H](O)[C@@H](O)c2ccc(O)cc2)CC(=O)[C@@H]2C[C@@H](O)CN2C(=O)[C@H]([C@@H](C)O)NC1=O. The predicted octanol–water partition coefficient (Wildman–Crippen LogP) is -1.16. The zero-order chi connectivity index (χ0) is 55.8. The molecule has 3 fully saturated rings. The van der Waals surface area contributed by atoms with Crippen LogP contribution in [0.1, 0.15) is 142 Å². The van der Waals surface area contributed by atoms with Gasteiger partial charge in [0.25, 0.3) is 0 Å². The molecule has 0 unspecified atom stereocenters. The highest BCUT2D eigenvalue weighted by Gasteiger charge is 2.49. The number of aliphatic hydroxyl groups is 8. The summed E-state index contributed by atoms with van der Waals surface area (Å²) in [6, 6.07) is -2.88. The third-order valence-electron chi connectivity index (χ3n) is 14.9. The molecule has 0 bridgehead atoms. The van der Waals surface area contributed by atoms with Crippen LogP contribution in [0.4, 0.5) is 0 Å². The Balaban J connectivity index is 1.69. The minimum absolute atomic E-state index is 0.0386. The summed E-state index contributed by atoms with van der Waals surface area (Å²) >= 11 is 0. The Hall–Kier alpha value is -5.14. The molecular weight excluding hydrogens is 981 g/mol. The van der Waals surface area contributed by atoms with Crippen molar-refractivity contribution in [2.75, 3.05) is 13.1 Å². The number of carbonyl (C=O) groups excluding carboxylic acids is 8. The lowest BCUT2D eigenvalue weighted by atomic mass is 9.86. The van der Waals surface area contributed by atoms with Gasteiger partial charge in [-0.25, -0.2) is 0 Å². The molecule has 1 aromatic carbocycles. The van der Waals surface area contributed by atoms with Crippen LogP contribution in [-0.4, -0.2) is 183 Å². The van der Waals surface area contributed by atoms with E-state index in [1.807, 2.05) is 0 Å². The lowest BCUT2D eigenvalue weighted by Gasteiger charge is -2.34. The topological polar surface area (TPSA) is 387 Å². The molecule has 0 aromatic heterocycles. The summed E-state index contributed by atoms with van der Waals surface area (Å²) in [4.78, 5) is 113. The van der Waals surface area contributed by atoms with E-state index in [9.17, 15) is 84.3 Å². The number of hydrogen-bond acceptors (Lipinski definition) is 17. The molecule has 3 saturated heterocycles. The second-order valence-electron chi connectivity index (χ2n) is 21.2. The highest BCUT2D eigenvalue weighted by atomic mass is 16.3. The van der Waals surface area contributed by atoms with Crippen LogP contribution in [0.2, 0.25) is 0 Å². The fourth-order valence-electron chi connectivity index (χ4n) is 10.3. The molecule has 0 radical (unpaired) electrons. The number of aromatic hydroxyl groups is 1. The molecule has 0 saturated carbocycles. The van der Waals surface area contributed by atoms with Crippen molar-refractivity contribution in [1.82, 2.24) is 25.8 Å². The van der Waals surface area contributed by atoms with Crippen LogP contribution in [0.5, 0.6) is 5.75 Å². The molecule has 16 atom stereocenters. The number of benzene rings is 1. The number of fused-ring (bicyclic) bond motifs is 2. The maximum absolute atomic E-state index is 14.4. The Morgan fingerprint density at radius 3 is 1.99 bits per heavy atom. The monoisotopic (exact) mass is 1060 g/mol. The number of phenols is 1. The van der Waals surface area contributed by atoms with E-state index in [1.165, 1.54) is 18.6 Å². The van der Waals surface area contributed by atoms with E-state index in [0.29, 0.717) is 23.2 Å². The number of hydrogen-bond donors (Lipinski definition) is 13. The number of nitrogens with two attached hydrogens (primary N) is 1. The Bertz CT molecular complexity index is 2100. The number of unbranched alkanes of at least 4 members (excludes halogenated alkanes) is 5. The van der Waals surface area contributed by atoms with Crippen molar-refractivity contribution < 1.29 is 84.3 Å². The highest BCUT2D eigenvalue weighted by Crippen LogP contribution is 2.31. The summed E-state index contributed by atoms with van der Waals surface area (Å²) < 4.78 is 0. The number of primary amides is 1. The van der Waals surface area contributed by atoms with E-state index < -0.39 is 177 Å². The van der Waals surface area contributed by atoms with Gasteiger partial charge >= 0.3 is 0 Å². The zero-order valence-electron chi connectivity index (χ0n) is 43.5. The van der Waals surface area contributed by atoms with Gasteiger partial charge in [-0.2, -0.15) is 0 Å². The van der Waals surface area contributed by atoms with Gasteiger partial charge in [0.05, 0.1) is 55.0 Å². The van der Waals surface area contributed by atoms with E-state index >= 15 is 0 Å². The van der Waals surface area contributed by atoms with Crippen molar-refractivity contribution in [2.24, 2.45) is 29.4 Å². The summed E-state index contributed by atoms with van der Waals surface area (Å²) in [7, 11) is 0. The summed E-state index contributed by atoms with van der Waals surface area (Å²) in [6.07, 6.45) is -10.7. The largest absolute Gasteiger partial charge is 0.508 e. The number of carbonyl (C=O) groups is 8. The van der Waals surface area contributed by atoms with Crippen LogP contribution < -0.4 is 21.7 Å². The smallest absolute Gasteiger partial charge is 0.248 e. The molecule has 14 N–H and O–H groups in total. The van der Waals surface area contributed by atoms with Crippen molar-refractivity contribution in [3.63, 3.8) is 0 Å². The highest BCUT2D eigenvalue weighted by molar-refractivity contribution is 5.98. The van der Waals surface area contributed by atoms with Crippen molar-refractivity contribution in [3.05, 3.63) is 29.8 Å². The van der Waals surface area contributed by atoms with E-state index in [4.69, 9.17) is 5.73 Å². The molecule has 23 nitrogen and oxygen atoms in total. The first-order valence-corrected chi connectivity index (χ1v) is 26.4. The zero-order valence-corrected chi connectivity index (χ0v) is 43.5. The van der Waals surface area contributed by atoms with E-state index in [2.05, 4.69) is 36.7 Å². The maximum atomic E-state index is 14.4. The maximum Gasteiger partial charge on any atom is 0.248 e. The lowest BCUT2D eigenvalue weighted by molar-refractivity contribution is -0.150. The van der Waals surface area contributed by atoms with Crippen LogP contribution in [0.25, 0.3) is 0 Å². The molecule has 0 spiro atoms. The molecule has 3 aliphatic rings. The van der Waals surface area contributed by atoms with Gasteiger partial charge in [0.15, 0.2) is 12.0 Å². The fourth-order valence-corrected chi connectivity index (χ4v) is 10.3. The number of nitrogens with zero attached hydrogens (tertiary/aromatic N) is 2. The third-order valence-corrected chi connectivity index (χ3v) is 14.9. The van der Waals surface area contributed by atoms with Crippen molar-refractivity contribution in [1.29, 1.82) is 0 Å². The summed E-state index contributed by atoms with van der Waals surface area (Å²) in [5, 5.41) is 106. The Morgan fingerprint density at radius 1 is 0.747 bits per heavy atom. The first kappa shape index (κ1) is 62.4. The van der Waals surface area contributed by atoms with Crippen molar-refractivity contribution in [2.45, 2.75) is 204 Å². The first-order valence-electron chi connectivity index (χ1n) is 26.4. The molecule has 1 aromatic rings. The summed E-state index contributed by atoms with van der Waals surface area (Å²) in [5.41, 5.74) is 5.27. The minimum atomic E-state index is -2.24. The minimum Gasteiger partial charge on any atom is -0.508 e. The van der Waals surface area contributed by atoms with Gasteiger partial charge in [-0.3, -0.25) is 38.4 Å². The number of aliphatic hydroxyl groups excluding tert-OH is 8. The predicted molar refractivity (Wildman–Crippen MR) is 268 cm³/mol. The van der Waals surface area contributed by atoms with Crippen LogP contribution >= 0.6 is 0 Å². The Morgan fingerprint density at radius 2 is 1.36 bits per heavy atom. The summed E-state index contributed by atoms with van der Waals surface area (Å²) in [5.74, 6) is -11.2. The molecule has 3 aliphatic heterocycles. The van der Waals surface area contributed by atoms with E-state index in [0.717, 1.165) is 68.9 Å². The molecule has 422 valence electrons. The summed E-state index contributed by atoms with van der Waals surface area (Å²) in [6.45, 7) is 6.90. The standard InChI is InChI=1S/C52H82N6O17/c1-5-27(2)20-28(3)12-10-8-6-7-9-11-13-33(61)21-31-22-40(66)49(72)56-50(73)44-37(63)18-19-57(44)52(75)43(39(65)25-41(53)67)55-48(71)35(46(69)45(68)30-14-16-32(60)17-15-30)24-38(64)36-23-34(62)26-58(36)51(74)42(29(4)59)54-47(31)70/h14-17,27-29,31,34-37,39-40,42-46,49,59-60,62-63,65-66,68-69,72H,5-13,18-26H2,1-4H3,(H2,53,67)(H,54,70)(H,55,71)(H,56,73)/t27-,28+,29+,31-,34+,35-,36-,37-,39+,40+,42-,43-,44-,45-,46-,49+/m0/s1. The fraction of sp³-hybridized carbons (Fsp3) is 0.731. The van der Waals surface area contributed by atoms with Gasteiger partial charge in [-0.15, -0.1) is 0 Å². The van der Waals surface area contributed by atoms with Gasteiger partial charge in [0, 0.05) is 44.7 Å². The number of Topliss-reactive ketones (excluding diaryl/α,β-unsaturated/α-hetero) is 2. The normalized spacial score (nSPS) is 29.2. The van der Waals surface area contributed by atoms with Crippen molar-refractivity contribution in [3.8, 4) is 5.75 Å². The number of amides is 6. The van der Waals surface area contributed by atoms with E-state index in [-0.39, 0.29) is 24.2 Å². The van der Waals surface area contributed by atoms with Gasteiger partial charge < -0.3 is 77.4 Å². The molecule has 0 aliphatic carbocycles. The van der Waals surface area contributed by atoms with E-state index in [1.54, 1.807) is 0 Å². The molecule has 23 heteroatoms. The lowest BCUT2D eigenvalue weighted by Crippen LogP contribution is -2.61. The average Bonchev–Trinajstić information content (AvgIpc) is 3.95. The van der Waals surface area contributed by atoms with Gasteiger partial charge in [-0.05, 0) is 62.1 Å².